The van der Waals surface area contributed by atoms with Crippen LogP contribution < -0.4 is 4.74 Å². The van der Waals surface area contributed by atoms with Crippen molar-refractivity contribution in [2.75, 3.05) is 6.61 Å². The van der Waals surface area contributed by atoms with Crippen LogP contribution in [0.2, 0.25) is 18.1 Å². The van der Waals surface area contributed by atoms with Crippen molar-refractivity contribution in [2.45, 2.75) is 70.0 Å². The Morgan fingerprint density at radius 3 is 2.25 bits per heavy atom. The smallest absolute Gasteiger partial charge is 0.194 e. The zero-order valence-electron chi connectivity index (χ0n) is 14.6. The van der Waals surface area contributed by atoms with Gasteiger partial charge in [-0.25, -0.2) is 13.2 Å². The van der Waals surface area contributed by atoms with Crippen molar-refractivity contribution in [3.63, 3.8) is 0 Å². The summed E-state index contributed by atoms with van der Waals surface area (Å²) >= 11 is 0. The van der Waals surface area contributed by atoms with Crippen LogP contribution in [-0.2, 0) is 0 Å². The van der Waals surface area contributed by atoms with Gasteiger partial charge in [-0.05, 0) is 18.8 Å². The molecule has 135 valence electrons. The molecule has 0 spiro atoms. The molecule has 2 rings (SSSR count). The summed E-state index contributed by atoms with van der Waals surface area (Å²) in [4.78, 5) is 0. The molecule has 1 radical (unpaired) electrons. The molecule has 0 saturated carbocycles. The fraction of sp³-hybridized carbons (Fsp3) is 0.684. The van der Waals surface area contributed by atoms with Gasteiger partial charge in [0.15, 0.2) is 17.5 Å². The molecule has 0 unspecified atom stereocenters. The summed E-state index contributed by atoms with van der Waals surface area (Å²) in [5, 5.41) is 0. The summed E-state index contributed by atoms with van der Waals surface area (Å²) in [6.45, 7) is 2.71. The molecule has 0 atom stereocenters. The third kappa shape index (κ3) is 6.15. The van der Waals surface area contributed by atoms with Gasteiger partial charge in [-0.3, -0.25) is 0 Å². The minimum absolute atomic E-state index is 0.0819. The van der Waals surface area contributed by atoms with E-state index in [-0.39, 0.29) is 14.5 Å². The maximum Gasteiger partial charge on any atom is 0.194 e. The van der Waals surface area contributed by atoms with E-state index in [9.17, 15) is 13.2 Å². The molecular weight excluding hydrogens is 329 g/mol. The van der Waals surface area contributed by atoms with Gasteiger partial charge in [-0.1, -0.05) is 57.2 Å². The van der Waals surface area contributed by atoms with Gasteiger partial charge < -0.3 is 4.74 Å². The van der Waals surface area contributed by atoms with Gasteiger partial charge in [0.05, 0.1) is 6.61 Å². The second-order valence-corrected chi connectivity index (χ2v) is 9.87. The minimum atomic E-state index is -1.44. The summed E-state index contributed by atoms with van der Waals surface area (Å²) < 4.78 is 44.7. The van der Waals surface area contributed by atoms with Crippen molar-refractivity contribution in [3.05, 3.63) is 29.6 Å². The number of halogens is 3. The summed E-state index contributed by atoms with van der Waals surface area (Å²) in [7, 11) is -0.194. The first-order chi connectivity index (χ1) is 11.6. The molecule has 0 amide bonds. The zero-order chi connectivity index (χ0) is 17.4. The maximum absolute atomic E-state index is 13.2. The molecule has 1 aliphatic rings. The number of unbranched alkanes of at least 4 members (excludes halogenated alkanes) is 4. The molecule has 24 heavy (non-hydrogen) atoms. The standard InChI is InChI=1S/C19H28F3OSi/c1-2-3-4-5-6-9-24-10-7-15(8-11-24)14-23-16-12-17(20)19(22)18(21)13-16/h12-13,15H,2-11,14H2,1H3. The van der Waals surface area contributed by atoms with E-state index < -0.39 is 17.5 Å². The summed E-state index contributed by atoms with van der Waals surface area (Å²) in [6, 6.07) is 5.91. The average molecular weight is 358 g/mol. The molecule has 5 heteroatoms. The van der Waals surface area contributed by atoms with Crippen molar-refractivity contribution in [3.8, 4) is 5.75 Å². The Morgan fingerprint density at radius 2 is 1.62 bits per heavy atom. The molecule has 0 N–H and O–H groups in total. The molecule has 0 aliphatic carbocycles. The molecule has 1 heterocycles. The highest BCUT2D eigenvalue weighted by Crippen LogP contribution is 2.29. The van der Waals surface area contributed by atoms with Gasteiger partial charge in [0.25, 0.3) is 0 Å². The first-order valence-electron chi connectivity index (χ1n) is 9.21. The van der Waals surface area contributed by atoms with Crippen LogP contribution in [0.5, 0.6) is 5.75 Å². The highest BCUT2D eigenvalue weighted by molar-refractivity contribution is 6.58. The van der Waals surface area contributed by atoms with Gasteiger partial charge in [0.1, 0.15) is 5.75 Å². The number of ether oxygens (including phenoxy) is 1. The highest BCUT2D eigenvalue weighted by Gasteiger charge is 2.23. The Kier molecular flexibility index (Phi) is 8.16. The van der Waals surface area contributed by atoms with Crippen LogP contribution in [0, 0.1) is 23.4 Å². The van der Waals surface area contributed by atoms with Crippen molar-refractivity contribution >= 4 is 8.80 Å². The molecule has 1 saturated heterocycles. The molecule has 0 aromatic heterocycles. The summed E-state index contributed by atoms with van der Waals surface area (Å²) in [5.74, 6) is -3.29. The van der Waals surface area contributed by atoms with Crippen molar-refractivity contribution in [1.29, 1.82) is 0 Å². The molecule has 1 nitrogen and oxygen atoms in total. The van der Waals surface area contributed by atoms with Crippen molar-refractivity contribution in [1.82, 2.24) is 0 Å². The fourth-order valence-corrected chi connectivity index (χ4v) is 6.44. The van der Waals surface area contributed by atoms with Crippen LogP contribution in [0.4, 0.5) is 13.2 Å². The van der Waals surface area contributed by atoms with Crippen LogP contribution in [0.3, 0.4) is 0 Å². The highest BCUT2D eigenvalue weighted by atomic mass is 28.3. The lowest BCUT2D eigenvalue weighted by molar-refractivity contribution is 0.233. The molecule has 1 aromatic rings. The van der Waals surface area contributed by atoms with E-state index in [2.05, 4.69) is 6.92 Å². The maximum atomic E-state index is 13.2. The van der Waals surface area contributed by atoms with Gasteiger partial charge in [0.2, 0.25) is 0 Å². The largest absolute Gasteiger partial charge is 0.493 e. The monoisotopic (exact) mass is 357 g/mol. The van der Waals surface area contributed by atoms with E-state index in [1.807, 2.05) is 0 Å². The predicted octanol–water partition coefficient (Wildman–Crippen LogP) is 6.36. The van der Waals surface area contributed by atoms with Crippen LogP contribution in [0.1, 0.15) is 51.9 Å². The second-order valence-electron chi connectivity index (χ2n) is 6.87. The lowest BCUT2D eigenvalue weighted by Crippen LogP contribution is -2.24. The summed E-state index contributed by atoms with van der Waals surface area (Å²) in [5.41, 5.74) is 0. The lowest BCUT2D eigenvalue weighted by atomic mass is 10.0. The second kappa shape index (κ2) is 10.1. The van der Waals surface area contributed by atoms with Gasteiger partial charge >= 0.3 is 0 Å². The molecule has 0 bridgehead atoms. The van der Waals surface area contributed by atoms with Gasteiger partial charge in [-0.15, -0.1) is 0 Å². The van der Waals surface area contributed by atoms with Crippen LogP contribution >= 0.6 is 0 Å². The number of rotatable bonds is 9. The third-order valence-corrected chi connectivity index (χ3v) is 7.94. The van der Waals surface area contributed by atoms with E-state index in [4.69, 9.17) is 4.74 Å². The fourth-order valence-electron chi connectivity index (χ4n) is 3.31. The Hall–Kier alpha value is -0.973. The molecule has 1 aliphatic heterocycles. The van der Waals surface area contributed by atoms with E-state index in [0.717, 1.165) is 25.0 Å². The number of hydrogen-bond acceptors (Lipinski definition) is 1. The average Bonchev–Trinajstić information content (AvgIpc) is 2.58. The van der Waals surface area contributed by atoms with Gasteiger partial charge in [-0.2, -0.15) is 0 Å². The third-order valence-electron chi connectivity index (χ3n) is 4.89. The Bertz CT molecular complexity index is 478. The quantitative estimate of drug-likeness (QED) is 0.284. The minimum Gasteiger partial charge on any atom is -0.493 e. The Balaban J connectivity index is 1.64. The van der Waals surface area contributed by atoms with Gasteiger partial charge in [0, 0.05) is 20.9 Å². The first-order valence-corrected chi connectivity index (χ1v) is 11.3. The van der Waals surface area contributed by atoms with E-state index >= 15 is 0 Å². The lowest BCUT2D eigenvalue weighted by Gasteiger charge is -2.27. The Labute approximate surface area is 145 Å². The number of benzene rings is 1. The van der Waals surface area contributed by atoms with E-state index in [1.54, 1.807) is 0 Å². The zero-order valence-corrected chi connectivity index (χ0v) is 15.6. The Morgan fingerprint density at radius 1 is 1.00 bits per heavy atom. The van der Waals surface area contributed by atoms with Crippen molar-refractivity contribution < 1.29 is 17.9 Å². The van der Waals surface area contributed by atoms with Crippen LogP contribution in [-0.4, -0.2) is 15.4 Å². The van der Waals surface area contributed by atoms with Crippen LogP contribution in [0.15, 0.2) is 12.1 Å². The number of hydrogen-bond donors (Lipinski definition) is 0. The molecular formula is C19H28F3OSi. The molecule has 1 fully saturated rings. The van der Waals surface area contributed by atoms with Crippen molar-refractivity contribution in [2.24, 2.45) is 5.92 Å². The van der Waals surface area contributed by atoms with E-state index in [1.165, 1.54) is 50.2 Å². The van der Waals surface area contributed by atoms with E-state index in [0.29, 0.717) is 12.5 Å². The first kappa shape index (κ1) is 19.4. The predicted molar refractivity (Wildman–Crippen MR) is 93.5 cm³/mol. The molecule has 1 aromatic carbocycles. The summed E-state index contributed by atoms with van der Waals surface area (Å²) in [6.07, 6.45) is 9.06. The SMILES string of the molecule is CCCCCCC[Si]1CCC(COc2cc(F)c(F)c(F)c2)CC1. The van der Waals surface area contributed by atoms with Crippen LogP contribution in [0.25, 0.3) is 0 Å². The normalized spacial score (nSPS) is 16.5. The topological polar surface area (TPSA) is 9.23 Å².